The molecule has 1 saturated carbocycles. The van der Waals surface area contributed by atoms with E-state index in [-0.39, 0.29) is 22.9 Å². The zero-order valence-corrected chi connectivity index (χ0v) is 18.7. The molecule has 4 bridgehead atoms. The first kappa shape index (κ1) is 19.1. The topological polar surface area (TPSA) is 51.2 Å². The second-order valence-corrected chi connectivity index (χ2v) is 10.4. The summed E-state index contributed by atoms with van der Waals surface area (Å²) in [6.45, 7) is 5.10. The number of hydrogen-bond acceptors (Lipinski definition) is 5. The van der Waals surface area contributed by atoms with Gasteiger partial charge >= 0.3 is 0 Å². The van der Waals surface area contributed by atoms with Gasteiger partial charge in [0.1, 0.15) is 11.7 Å². The predicted molar refractivity (Wildman–Crippen MR) is 114 cm³/mol. The van der Waals surface area contributed by atoms with Crippen LogP contribution in [0.2, 0.25) is 0 Å². The zero-order chi connectivity index (χ0) is 21.1. The Labute approximate surface area is 179 Å². The van der Waals surface area contributed by atoms with E-state index in [0.29, 0.717) is 12.5 Å². The fourth-order valence-corrected chi connectivity index (χ4v) is 8.16. The molecule has 1 aromatic rings. The summed E-state index contributed by atoms with van der Waals surface area (Å²) in [4.78, 5) is 2.54. The van der Waals surface area contributed by atoms with Crippen LogP contribution in [0.25, 0.3) is 0 Å². The van der Waals surface area contributed by atoms with Crippen LogP contribution in [-0.2, 0) is 16.6 Å². The van der Waals surface area contributed by atoms with Crippen molar-refractivity contribution >= 4 is 0 Å². The molecule has 162 valence electrons. The minimum absolute atomic E-state index is 0.0287. The maximum absolute atomic E-state index is 11.5. The molecule has 1 N–H and O–H groups in total. The number of ether oxygens (including phenoxy) is 3. The van der Waals surface area contributed by atoms with Gasteiger partial charge in [-0.25, -0.2) is 0 Å². The molecule has 5 nitrogen and oxygen atoms in total. The number of likely N-dealkylation sites (N-methyl/N-ethyl adjacent to an activating group) is 1. The standard InChI is InChI=1S/C25H33NO4/c1-6-22(2,27)17-14-23-9-10-25(17,29-5)21-24(23)11-12-26(3)18(23)13-15-7-8-16(28-4)20(30-21)19(15)24/h7-10,17-18,21,27H,6,11-14H2,1-5H3/t17-,18-,21-,22?,23-,24+,25-/m1/s1. The van der Waals surface area contributed by atoms with E-state index in [1.54, 1.807) is 14.2 Å². The Kier molecular flexibility index (Phi) is 3.59. The van der Waals surface area contributed by atoms with E-state index in [1.165, 1.54) is 11.1 Å². The van der Waals surface area contributed by atoms with E-state index < -0.39 is 11.2 Å². The molecule has 0 radical (unpaired) electrons. The molecule has 2 spiro atoms. The van der Waals surface area contributed by atoms with Crippen molar-refractivity contribution in [3.8, 4) is 11.5 Å². The number of aliphatic hydroxyl groups is 1. The molecule has 4 aliphatic carbocycles. The lowest BCUT2D eigenvalue weighted by Gasteiger charge is -2.72. The number of nitrogens with zero attached hydrogens (tertiary/aromatic N) is 1. The van der Waals surface area contributed by atoms with Crippen molar-refractivity contribution in [2.24, 2.45) is 11.3 Å². The Hall–Kier alpha value is -1.56. The van der Waals surface area contributed by atoms with Crippen LogP contribution in [0.3, 0.4) is 0 Å². The molecule has 30 heavy (non-hydrogen) atoms. The smallest absolute Gasteiger partial charge is 0.166 e. The molecule has 6 aliphatic rings. The van der Waals surface area contributed by atoms with Gasteiger partial charge in [-0.1, -0.05) is 25.1 Å². The molecule has 7 atom stereocenters. The molecule has 0 amide bonds. The van der Waals surface area contributed by atoms with Gasteiger partial charge in [-0.15, -0.1) is 0 Å². The summed E-state index contributed by atoms with van der Waals surface area (Å²) in [5.74, 6) is 1.70. The van der Waals surface area contributed by atoms with Gasteiger partial charge in [0.15, 0.2) is 11.5 Å². The van der Waals surface area contributed by atoms with Crippen LogP contribution in [0.15, 0.2) is 24.3 Å². The SMILES string of the molecule is CCC(C)(O)[C@H]1C[C@@]23C=C[C@]1(OC)[C@@H]1Oc4c(OC)ccc5c4[C@@]12CCN(C)[C@@H]3C5. The van der Waals surface area contributed by atoms with E-state index in [1.807, 2.05) is 6.92 Å². The first-order valence-corrected chi connectivity index (χ1v) is 11.4. The van der Waals surface area contributed by atoms with Crippen molar-refractivity contribution in [3.63, 3.8) is 0 Å². The largest absolute Gasteiger partial charge is 0.493 e. The fraction of sp³-hybridized carbons (Fsp3) is 0.680. The van der Waals surface area contributed by atoms with Gasteiger partial charge in [0.25, 0.3) is 0 Å². The van der Waals surface area contributed by atoms with Gasteiger partial charge < -0.3 is 24.2 Å². The third-order valence-electron chi connectivity index (χ3n) is 9.74. The Morgan fingerprint density at radius 1 is 1.30 bits per heavy atom. The first-order chi connectivity index (χ1) is 14.3. The van der Waals surface area contributed by atoms with E-state index in [0.717, 1.165) is 37.3 Å². The number of hydrogen-bond donors (Lipinski definition) is 1. The number of likely N-dealkylation sites (tertiary alicyclic amines) is 1. The Balaban J connectivity index is 1.69. The molecule has 0 aromatic heterocycles. The summed E-state index contributed by atoms with van der Waals surface area (Å²) in [6, 6.07) is 4.70. The molecule has 1 unspecified atom stereocenters. The highest BCUT2D eigenvalue weighted by Gasteiger charge is 2.80. The first-order valence-electron chi connectivity index (χ1n) is 11.4. The molecular formula is C25H33NO4. The lowest BCUT2D eigenvalue weighted by molar-refractivity contribution is -0.246. The highest BCUT2D eigenvalue weighted by Crippen LogP contribution is 2.75. The van der Waals surface area contributed by atoms with Crippen molar-refractivity contribution in [1.82, 2.24) is 4.90 Å². The normalized spacial score (nSPS) is 44.4. The summed E-state index contributed by atoms with van der Waals surface area (Å²) in [5.41, 5.74) is 1.06. The van der Waals surface area contributed by atoms with Crippen LogP contribution in [0, 0.1) is 11.3 Å². The van der Waals surface area contributed by atoms with Gasteiger partial charge in [0, 0.05) is 30.0 Å². The van der Waals surface area contributed by atoms with E-state index in [2.05, 4.69) is 43.2 Å². The number of benzene rings is 1. The lowest BCUT2D eigenvalue weighted by Crippen LogP contribution is -2.80. The third kappa shape index (κ3) is 1.77. The summed E-state index contributed by atoms with van der Waals surface area (Å²) < 4.78 is 19.0. The molecular weight excluding hydrogens is 378 g/mol. The third-order valence-corrected chi connectivity index (χ3v) is 9.74. The van der Waals surface area contributed by atoms with Crippen LogP contribution in [0.5, 0.6) is 11.5 Å². The minimum Gasteiger partial charge on any atom is -0.493 e. The maximum atomic E-state index is 11.5. The summed E-state index contributed by atoms with van der Waals surface area (Å²) >= 11 is 0. The average Bonchev–Trinajstić information content (AvgIpc) is 3.13. The highest BCUT2D eigenvalue weighted by molar-refractivity contribution is 5.65. The van der Waals surface area contributed by atoms with Crippen molar-refractivity contribution in [3.05, 3.63) is 35.4 Å². The predicted octanol–water partition coefficient (Wildman–Crippen LogP) is 3.08. The fourth-order valence-electron chi connectivity index (χ4n) is 8.16. The number of rotatable bonds is 4. The van der Waals surface area contributed by atoms with Crippen LogP contribution >= 0.6 is 0 Å². The lowest BCUT2D eigenvalue weighted by atomic mass is 9.36. The van der Waals surface area contributed by atoms with Crippen LogP contribution < -0.4 is 9.47 Å². The summed E-state index contributed by atoms with van der Waals surface area (Å²) in [5, 5.41) is 11.5. The number of piperidine rings is 1. The van der Waals surface area contributed by atoms with Crippen molar-refractivity contribution in [2.45, 2.75) is 68.3 Å². The van der Waals surface area contributed by atoms with E-state index in [9.17, 15) is 5.11 Å². The second-order valence-electron chi connectivity index (χ2n) is 10.4. The van der Waals surface area contributed by atoms with Gasteiger partial charge in [-0.2, -0.15) is 0 Å². The van der Waals surface area contributed by atoms with Crippen LogP contribution in [0.4, 0.5) is 0 Å². The van der Waals surface area contributed by atoms with Gasteiger partial charge in [0.2, 0.25) is 0 Å². The Bertz CT molecular complexity index is 957. The highest BCUT2D eigenvalue weighted by atomic mass is 16.6. The maximum Gasteiger partial charge on any atom is 0.166 e. The Morgan fingerprint density at radius 2 is 2.10 bits per heavy atom. The molecule has 2 fully saturated rings. The second kappa shape index (κ2) is 5.62. The molecule has 1 aromatic carbocycles. The van der Waals surface area contributed by atoms with Crippen molar-refractivity contribution in [2.75, 3.05) is 27.8 Å². The van der Waals surface area contributed by atoms with E-state index in [4.69, 9.17) is 14.2 Å². The molecule has 7 rings (SSSR count). The molecule has 5 heteroatoms. The molecule has 1 saturated heterocycles. The van der Waals surface area contributed by atoms with Gasteiger partial charge in [-0.3, -0.25) is 0 Å². The zero-order valence-electron chi connectivity index (χ0n) is 18.7. The monoisotopic (exact) mass is 411 g/mol. The van der Waals surface area contributed by atoms with Crippen LogP contribution in [-0.4, -0.2) is 61.2 Å². The number of methoxy groups -OCH3 is 2. The van der Waals surface area contributed by atoms with Gasteiger partial charge in [-0.05, 0) is 57.8 Å². The average molecular weight is 412 g/mol. The molecule has 2 aliphatic heterocycles. The summed E-state index contributed by atoms with van der Waals surface area (Å²) in [6.07, 6.45) is 8.20. The molecule has 2 heterocycles. The van der Waals surface area contributed by atoms with Crippen molar-refractivity contribution < 1.29 is 19.3 Å². The van der Waals surface area contributed by atoms with Gasteiger partial charge in [0.05, 0.1) is 18.1 Å². The Morgan fingerprint density at radius 3 is 2.80 bits per heavy atom. The van der Waals surface area contributed by atoms with E-state index >= 15 is 0 Å². The number of fused-ring (bicyclic) bond motifs is 1. The van der Waals surface area contributed by atoms with Crippen LogP contribution in [0.1, 0.15) is 44.2 Å². The quantitative estimate of drug-likeness (QED) is 0.772. The minimum atomic E-state index is -0.829. The summed E-state index contributed by atoms with van der Waals surface area (Å²) in [7, 11) is 5.78. The van der Waals surface area contributed by atoms with Crippen molar-refractivity contribution in [1.29, 1.82) is 0 Å².